The first kappa shape index (κ1) is 10.9. The molecule has 3 heteroatoms. The van der Waals surface area contributed by atoms with Crippen molar-refractivity contribution in [3.05, 3.63) is 32.9 Å². The minimum absolute atomic E-state index is 0.0607. The van der Waals surface area contributed by atoms with Crippen LogP contribution in [0.4, 0.5) is 8.78 Å². The average molecular weight is 296 g/mol. The number of hydrogen-bond acceptors (Lipinski definition) is 0. The van der Waals surface area contributed by atoms with Gasteiger partial charge in [0.2, 0.25) is 0 Å². The van der Waals surface area contributed by atoms with E-state index in [1.807, 2.05) is 20.8 Å². The molecule has 13 heavy (non-hydrogen) atoms. The number of halogens is 3. The molecule has 0 aliphatic carbocycles. The first-order valence-electron chi connectivity index (χ1n) is 3.97. The molecule has 0 radical (unpaired) electrons. The van der Waals surface area contributed by atoms with E-state index in [1.54, 1.807) is 22.6 Å². The highest BCUT2D eigenvalue weighted by Gasteiger charge is 2.17. The molecule has 0 unspecified atom stereocenters. The van der Waals surface area contributed by atoms with E-state index in [2.05, 4.69) is 0 Å². The normalized spacial score (nSPS) is 11.8. The Morgan fingerprint density at radius 2 is 1.46 bits per heavy atom. The Bertz CT molecular complexity index is 303. The number of hydrogen-bond donors (Lipinski definition) is 0. The summed E-state index contributed by atoms with van der Waals surface area (Å²) in [4.78, 5) is 0. The summed E-state index contributed by atoms with van der Waals surface area (Å²) in [5.74, 6) is -0.962. The predicted octanol–water partition coefficient (Wildman–Crippen LogP) is 3.87. The van der Waals surface area contributed by atoms with Gasteiger partial charge in [0, 0.05) is 0 Å². The van der Waals surface area contributed by atoms with Crippen LogP contribution in [0.25, 0.3) is 0 Å². The van der Waals surface area contributed by atoms with Crippen LogP contribution in [-0.2, 0) is 5.41 Å². The topological polar surface area (TPSA) is 0 Å². The van der Waals surface area contributed by atoms with Crippen LogP contribution in [0.3, 0.4) is 0 Å². The quantitative estimate of drug-likeness (QED) is 0.503. The van der Waals surface area contributed by atoms with Gasteiger partial charge in [0.15, 0.2) is 0 Å². The lowest BCUT2D eigenvalue weighted by atomic mass is 9.87. The summed E-state index contributed by atoms with van der Waals surface area (Å²) < 4.78 is 26.3. The standard InChI is InChI=1S/C10H11F2I/c1-10(2,3)6-4-7(11)9(13)8(12)5-6/h4-5H,1-3H3. The van der Waals surface area contributed by atoms with E-state index in [0.717, 1.165) is 0 Å². The summed E-state index contributed by atoms with van der Waals surface area (Å²) in [7, 11) is 0. The van der Waals surface area contributed by atoms with Gasteiger partial charge in [0.25, 0.3) is 0 Å². The van der Waals surface area contributed by atoms with Crippen molar-refractivity contribution in [1.29, 1.82) is 0 Å². The second-order valence-electron chi connectivity index (χ2n) is 4.00. The number of rotatable bonds is 0. The van der Waals surface area contributed by atoms with Crippen molar-refractivity contribution in [3.8, 4) is 0 Å². The van der Waals surface area contributed by atoms with Crippen LogP contribution >= 0.6 is 22.6 Å². The fraction of sp³-hybridized carbons (Fsp3) is 0.400. The molecule has 0 atom stereocenters. The highest BCUT2D eigenvalue weighted by Crippen LogP contribution is 2.26. The third kappa shape index (κ3) is 2.39. The molecule has 1 aromatic rings. The van der Waals surface area contributed by atoms with Crippen molar-refractivity contribution >= 4 is 22.6 Å². The maximum atomic E-state index is 13.1. The van der Waals surface area contributed by atoms with E-state index in [-0.39, 0.29) is 8.99 Å². The van der Waals surface area contributed by atoms with Crippen LogP contribution in [0.2, 0.25) is 0 Å². The third-order valence-electron chi connectivity index (χ3n) is 1.85. The molecule has 0 saturated heterocycles. The minimum atomic E-state index is -0.481. The maximum absolute atomic E-state index is 13.1. The largest absolute Gasteiger partial charge is 0.206 e. The lowest BCUT2D eigenvalue weighted by Gasteiger charge is -2.19. The van der Waals surface area contributed by atoms with Crippen LogP contribution in [0.15, 0.2) is 12.1 Å². The molecule has 0 nitrogen and oxygen atoms in total. The van der Waals surface area contributed by atoms with Gasteiger partial charge in [-0.2, -0.15) is 0 Å². The first-order chi connectivity index (χ1) is 5.82. The molecule has 0 bridgehead atoms. The Morgan fingerprint density at radius 1 is 1.08 bits per heavy atom. The Balaban J connectivity index is 3.29. The van der Waals surface area contributed by atoms with E-state index in [9.17, 15) is 8.78 Å². The summed E-state index contributed by atoms with van der Waals surface area (Å²) in [6.45, 7) is 5.77. The summed E-state index contributed by atoms with van der Waals surface area (Å²) in [5, 5.41) is 0. The SMILES string of the molecule is CC(C)(C)c1cc(F)c(I)c(F)c1. The predicted molar refractivity (Wildman–Crippen MR) is 57.8 cm³/mol. The summed E-state index contributed by atoms with van der Waals surface area (Å²) >= 11 is 1.66. The van der Waals surface area contributed by atoms with Gasteiger partial charge in [0.1, 0.15) is 11.6 Å². The Hall–Kier alpha value is -0.190. The second kappa shape index (κ2) is 3.52. The van der Waals surface area contributed by atoms with Crippen molar-refractivity contribution in [2.75, 3.05) is 0 Å². The minimum Gasteiger partial charge on any atom is -0.206 e. The van der Waals surface area contributed by atoms with Crippen molar-refractivity contribution in [3.63, 3.8) is 0 Å². The van der Waals surface area contributed by atoms with Gasteiger partial charge in [-0.3, -0.25) is 0 Å². The van der Waals surface area contributed by atoms with Gasteiger partial charge in [0.05, 0.1) is 3.57 Å². The van der Waals surface area contributed by atoms with E-state index in [4.69, 9.17) is 0 Å². The molecule has 1 rings (SSSR count). The van der Waals surface area contributed by atoms with Crippen LogP contribution in [0, 0.1) is 15.2 Å². The van der Waals surface area contributed by atoms with Crippen molar-refractivity contribution in [1.82, 2.24) is 0 Å². The molecule has 1 aromatic carbocycles. The Kier molecular flexibility index (Phi) is 2.95. The molecule has 0 saturated carbocycles. The molecule has 72 valence electrons. The molecule has 0 amide bonds. The molecule has 0 aliphatic rings. The lowest BCUT2D eigenvalue weighted by molar-refractivity contribution is 0.537. The zero-order valence-corrected chi connectivity index (χ0v) is 9.95. The molecule has 0 aliphatic heterocycles. The van der Waals surface area contributed by atoms with E-state index >= 15 is 0 Å². The lowest BCUT2D eigenvalue weighted by Crippen LogP contribution is -2.12. The molecular weight excluding hydrogens is 285 g/mol. The molecule has 0 heterocycles. The molecule has 0 fully saturated rings. The van der Waals surface area contributed by atoms with Gasteiger partial charge in [-0.15, -0.1) is 0 Å². The monoisotopic (exact) mass is 296 g/mol. The van der Waals surface area contributed by atoms with Gasteiger partial charge in [-0.25, -0.2) is 8.78 Å². The second-order valence-corrected chi connectivity index (χ2v) is 5.08. The van der Waals surface area contributed by atoms with Gasteiger partial charge in [-0.05, 0) is 45.7 Å². The van der Waals surface area contributed by atoms with E-state index in [1.165, 1.54) is 12.1 Å². The molecule has 0 spiro atoms. The summed E-state index contributed by atoms with van der Waals surface area (Å²) in [6.07, 6.45) is 0. The summed E-state index contributed by atoms with van der Waals surface area (Å²) in [5.41, 5.74) is 0.467. The highest BCUT2D eigenvalue weighted by molar-refractivity contribution is 14.1. The van der Waals surface area contributed by atoms with Crippen molar-refractivity contribution in [2.24, 2.45) is 0 Å². The van der Waals surface area contributed by atoms with E-state index in [0.29, 0.717) is 5.56 Å². The molecular formula is C10H11F2I. The smallest absolute Gasteiger partial charge is 0.139 e. The van der Waals surface area contributed by atoms with Gasteiger partial charge >= 0.3 is 0 Å². The van der Waals surface area contributed by atoms with Crippen molar-refractivity contribution in [2.45, 2.75) is 26.2 Å². The zero-order chi connectivity index (χ0) is 10.2. The molecule has 0 N–H and O–H groups in total. The van der Waals surface area contributed by atoms with Crippen LogP contribution in [0.1, 0.15) is 26.3 Å². The zero-order valence-electron chi connectivity index (χ0n) is 7.79. The fourth-order valence-electron chi connectivity index (χ4n) is 0.989. The molecule has 0 aromatic heterocycles. The average Bonchev–Trinajstić information content (AvgIpc) is 1.97. The Morgan fingerprint density at radius 3 is 1.77 bits per heavy atom. The van der Waals surface area contributed by atoms with Crippen molar-refractivity contribution < 1.29 is 8.78 Å². The van der Waals surface area contributed by atoms with Crippen LogP contribution in [0.5, 0.6) is 0 Å². The van der Waals surface area contributed by atoms with Crippen LogP contribution in [-0.4, -0.2) is 0 Å². The fourth-order valence-corrected chi connectivity index (χ4v) is 1.30. The maximum Gasteiger partial charge on any atom is 0.139 e. The third-order valence-corrected chi connectivity index (χ3v) is 2.88. The Labute approximate surface area is 90.5 Å². The first-order valence-corrected chi connectivity index (χ1v) is 5.05. The summed E-state index contributed by atoms with van der Waals surface area (Å²) in [6, 6.07) is 2.79. The number of benzene rings is 1. The van der Waals surface area contributed by atoms with E-state index < -0.39 is 11.6 Å². The highest BCUT2D eigenvalue weighted by atomic mass is 127. The van der Waals surface area contributed by atoms with Gasteiger partial charge < -0.3 is 0 Å². The van der Waals surface area contributed by atoms with Gasteiger partial charge in [-0.1, -0.05) is 20.8 Å². The van der Waals surface area contributed by atoms with Crippen LogP contribution < -0.4 is 0 Å².